The van der Waals surface area contributed by atoms with Crippen molar-refractivity contribution in [1.82, 2.24) is 0 Å². The number of benzene rings is 1. The molecule has 0 unspecified atom stereocenters. The quantitative estimate of drug-likeness (QED) is 0.782. The number of rotatable bonds is 4. The zero-order chi connectivity index (χ0) is 10.6. The van der Waals surface area contributed by atoms with Crippen LogP contribution in [-0.2, 0) is 16.3 Å². The van der Waals surface area contributed by atoms with Gasteiger partial charge in [0.1, 0.15) is 0 Å². The summed E-state index contributed by atoms with van der Waals surface area (Å²) in [6.45, 7) is 0. The molecule has 0 heterocycles. The van der Waals surface area contributed by atoms with E-state index in [1.165, 1.54) is 12.1 Å². The smallest absolute Gasteiger partial charge is 0.355 e. The maximum atomic E-state index is 10.5. The molecule has 1 N–H and O–H groups in total. The fourth-order valence-electron chi connectivity index (χ4n) is 1.06. The zero-order valence-corrected chi connectivity index (χ0v) is 7.40. The lowest BCUT2D eigenvalue weighted by molar-refractivity contribution is -0.143. The predicted molar refractivity (Wildman–Crippen MR) is 47.4 cm³/mol. The Morgan fingerprint density at radius 3 is 2.14 bits per heavy atom. The monoisotopic (exact) mass is 193 g/mol. The van der Waals surface area contributed by atoms with Gasteiger partial charge in [-0.2, -0.15) is 0 Å². The third-order valence-electron chi connectivity index (χ3n) is 1.82. The summed E-state index contributed by atoms with van der Waals surface area (Å²) < 4.78 is 0. The summed E-state index contributed by atoms with van der Waals surface area (Å²) in [5, 5.41) is 18.7. The molecule has 1 radical (unpaired) electrons. The topological polar surface area (TPSA) is 74.3 Å². The number of carboxylic acids is 1. The van der Waals surface area contributed by atoms with Crippen molar-refractivity contribution >= 4 is 11.9 Å². The molecule has 73 valence electrons. The van der Waals surface area contributed by atoms with Gasteiger partial charge in [-0.1, -0.05) is 12.1 Å². The third-order valence-corrected chi connectivity index (χ3v) is 1.82. The molecule has 0 amide bonds. The summed E-state index contributed by atoms with van der Waals surface area (Å²) in [6, 6.07) is 6.11. The van der Waals surface area contributed by atoms with Crippen LogP contribution in [0.1, 0.15) is 22.3 Å². The number of hydrogen-bond donors (Lipinski definition) is 1. The van der Waals surface area contributed by atoms with E-state index in [4.69, 9.17) is 5.11 Å². The van der Waals surface area contributed by atoms with Gasteiger partial charge in [-0.3, -0.25) is 0 Å². The normalized spacial score (nSPS) is 9.71. The van der Waals surface area contributed by atoms with Crippen LogP contribution in [0.25, 0.3) is 0 Å². The van der Waals surface area contributed by atoms with Crippen LogP contribution in [0.15, 0.2) is 24.3 Å². The molecule has 14 heavy (non-hydrogen) atoms. The van der Waals surface area contributed by atoms with Gasteiger partial charge in [-0.25, -0.2) is 14.7 Å². The second kappa shape index (κ2) is 4.41. The van der Waals surface area contributed by atoms with Crippen LogP contribution in [0.2, 0.25) is 0 Å². The Balaban J connectivity index is 2.64. The van der Waals surface area contributed by atoms with E-state index in [1.54, 1.807) is 12.1 Å². The summed E-state index contributed by atoms with van der Waals surface area (Å²) in [5.41, 5.74) is 0.987. The SMILES string of the molecule is [O]C(=O)CCc1ccc(C(=O)O)cc1. The molecule has 0 fully saturated rings. The van der Waals surface area contributed by atoms with Crippen LogP contribution in [0.5, 0.6) is 0 Å². The molecule has 0 spiro atoms. The second-order valence-electron chi connectivity index (χ2n) is 2.87. The molecule has 0 aromatic heterocycles. The highest BCUT2D eigenvalue weighted by Gasteiger charge is 2.03. The summed E-state index contributed by atoms with van der Waals surface area (Å²) in [5.74, 6) is -2.09. The predicted octanol–water partition coefficient (Wildman–Crippen LogP) is 1.27. The van der Waals surface area contributed by atoms with Gasteiger partial charge < -0.3 is 5.11 Å². The van der Waals surface area contributed by atoms with Crippen molar-refractivity contribution in [3.63, 3.8) is 0 Å². The number of carbonyl (C=O) groups excluding carboxylic acids is 1. The highest BCUT2D eigenvalue weighted by Crippen LogP contribution is 2.06. The minimum atomic E-state index is -1.10. The summed E-state index contributed by atoms with van der Waals surface area (Å²) in [6.07, 6.45) is 0.314. The van der Waals surface area contributed by atoms with E-state index in [0.29, 0.717) is 6.42 Å². The molecule has 0 saturated carbocycles. The van der Waals surface area contributed by atoms with Crippen molar-refractivity contribution in [3.05, 3.63) is 35.4 Å². The van der Waals surface area contributed by atoms with E-state index in [9.17, 15) is 14.7 Å². The van der Waals surface area contributed by atoms with E-state index >= 15 is 0 Å². The lowest BCUT2D eigenvalue weighted by atomic mass is 10.1. The van der Waals surface area contributed by atoms with Crippen molar-refractivity contribution in [2.24, 2.45) is 0 Å². The van der Waals surface area contributed by atoms with Crippen molar-refractivity contribution < 1.29 is 19.8 Å². The van der Waals surface area contributed by atoms with Crippen molar-refractivity contribution in [2.75, 3.05) is 0 Å². The molecule has 0 bridgehead atoms. The average molecular weight is 193 g/mol. The van der Waals surface area contributed by atoms with Crippen LogP contribution >= 0.6 is 0 Å². The van der Waals surface area contributed by atoms with Crippen molar-refractivity contribution in [3.8, 4) is 0 Å². The molecule has 4 nitrogen and oxygen atoms in total. The highest BCUT2D eigenvalue weighted by atomic mass is 16.4. The molecule has 0 atom stereocenters. The van der Waals surface area contributed by atoms with Crippen LogP contribution < -0.4 is 0 Å². The zero-order valence-electron chi connectivity index (χ0n) is 7.40. The number of carbonyl (C=O) groups is 2. The number of hydrogen-bond acceptors (Lipinski definition) is 2. The molecule has 1 aromatic rings. The maximum absolute atomic E-state index is 10.5. The van der Waals surface area contributed by atoms with Gasteiger partial charge >= 0.3 is 11.9 Å². The fourth-order valence-corrected chi connectivity index (χ4v) is 1.06. The Hall–Kier alpha value is -1.84. The first-order chi connectivity index (χ1) is 6.59. The molecule has 1 aromatic carbocycles. The van der Waals surface area contributed by atoms with Gasteiger partial charge in [-0.05, 0) is 24.1 Å². The van der Waals surface area contributed by atoms with E-state index < -0.39 is 11.9 Å². The minimum Gasteiger partial charge on any atom is -0.478 e. The van der Waals surface area contributed by atoms with Crippen LogP contribution in [0.4, 0.5) is 0 Å². The van der Waals surface area contributed by atoms with Gasteiger partial charge in [0.05, 0.1) is 12.0 Å². The second-order valence-corrected chi connectivity index (χ2v) is 2.87. The standard InChI is InChI=1S/C10H9O4/c11-9(12)6-3-7-1-4-8(5-2-7)10(13)14/h1-2,4-5H,3,6H2,(H,13,14). The Morgan fingerprint density at radius 2 is 1.71 bits per heavy atom. The largest absolute Gasteiger partial charge is 0.478 e. The first-order valence-corrected chi connectivity index (χ1v) is 4.11. The maximum Gasteiger partial charge on any atom is 0.355 e. The van der Waals surface area contributed by atoms with E-state index in [2.05, 4.69) is 0 Å². The van der Waals surface area contributed by atoms with Crippen LogP contribution in [0, 0.1) is 0 Å². The van der Waals surface area contributed by atoms with E-state index in [0.717, 1.165) is 5.56 Å². The van der Waals surface area contributed by atoms with Gasteiger partial charge in [-0.15, -0.1) is 0 Å². The molecular weight excluding hydrogens is 184 g/mol. The molecule has 0 aliphatic heterocycles. The lowest BCUT2D eigenvalue weighted by Crippen LogP contribution is -1.98. The summed E-state index contributed by atoms with van der Waals surface area (Å²) >= 11 is 0. The Labute approximate surface area is 80.8 Å². The number of aromatic carboxylic acids is 1. The van der Waals surface area contributed by atoms with Crippen LogP contribution in [-0.4, -0.2) is 17.0 Å². The number of aryl methyl sites for hydroxylation is 1. The molecule has 0 aliphatic rings. The molecule has 0 saturated heterocycles. The molecule has 1 rings (SSSR count). The Bertz CT molecular complexity index is 340. The van der Waals surface area contributed by atoms with Crippen molar-refractivity contribution in [2.45, 2.75) is 12.8 Å². The summed E-state index contributed by atoms with van der Waals surface area (Å²) in [4.78, 5) is 20.6. The molecule has 4 heteroatoms. The van der Waals surface area contributed by atoms with Crippen LogP contribution in [0.3, 0.4) is 0 Å². The molecular formula is C10H9O4. The van der Waals surface area contributed by atoms with E-state index in [-0.39, 0.29) is 12.0 Å². The lowest BCUT2D eigenvalue weighted by Gasteiger charge is -1.98. The van der Waals surface area contributed by atoms with Gasteiger partial charge in [0.15, 0.2) is 0 Å². The van der Waals surface area contributed by atoms with Gasteiger partial charge in [0, 0.05) is 0 Å². The fraction of sp³-hybridized carbons (Fsp3) is 0.200. The van der Waals surface area contributed by atoms with E-state index in [1.807, 2.05) is 0 Å². The first kappa shape index (κ1) is 10.2. The summed E-state index contributed by atoms with van der Waals surface area (Å²) in [7, 11) is 0. The highest BCUT2D eigenvalue weighted by molar-refractivity contribution is 5.87. The first-order valence-electron chi connectivity index (χ1n) is 4.11. The van der Waals surface area contributed by atoms with Crippen molar-refractivity contribution in [1.29, 1.82) is 0 Å². The van der Waals surface area contributed by atoms with Gasteiger partial charge in [0.2, 0.25) is 0 Å². The van der Waals surface area contributed by atoms with Gasteiger partial charge in [0.25, 0.3) is 0 Å². The third kappa shape index (κ3) is 2.90. The number of carboxylic acid groups (broad SMARTS) is 1. The average Bonchev–Trinajstić information content (AvgIpc) is 2.15. The molecule has 0 aliphatic carbocycles. The Morgan fingerprint density at radius 1 is 1.14 bits per heavy atom. The minimum absolute atomic E-state index is 0.0492. The Kier molecular flexibility index (Phi) is 3.23.